The summed E-state index contributed by atoms with van der Waals surface area (Å²) in [4.78, 5) is 25.0. The third-order valence-electron chi connectivity index (χ3n) is 5.21. The van der Waals surface area contributed by atoms with E-state index in [2.05, 4.69) is 17.4 Å². The van der Waals surface area contributed by atoms with Crippen molar-refractivity contribution in [1.29, 1.82) is 0 Å². The lowest BCUT2D eigenvalue weighted by atomic mass is 9.87. The Morgan fingerprint density at radius 3 is 2.52 bits per heavy atom. The molecule has 1 aliphatic rings. The highest BCUT2D eigenvalue weighted by Gasteiger charge is 2.35. The monoisotopic (exact) mass is 435 g/mol. The smallest absolute Gasteiger partial charge is 0.408 e. The Morgan fingerprint density at radius 1 is 1.16 bits per heavy atom. The zero-order valence-electron chi connectivity index (χ0n) is 19.4. The Labute approximate surface area is 185 Å². The third kappa shape index (κ3) is 8.87. The number of alkyl carbamates (subject to hydrolysis) is 1. The van der Waals surface area contributed by atoms with E-state index in [1.807, 2.05) is 25.1 Å². The van der Waals surface area contributed by atoms with Crippen LogP contribution in [0.2, 0.25) is 0 Å². The Balaban J connectivity index is 2.13. The van der Waals surface area contributed by atoms with Crippen molar-refractivity contribution in [3.8, 4) is 0 Å². The van der Waals surface area contributed by atoms with Crippen LogP contribution >= 0.6 is 0 Å². The van der Waals surface area contributed by atoms with Gasteiger partial charge in [-0.15, -0.1) is 0 Å². The Kier molecular flexibility index (Phi) is 9.78. The largest absolute Gasteiger partial charge is 0.458 e. The van der Waals surface area contributed by atoms with Gasteiger partial charge in [-0.25, -0.2) is 9.59 Å². The van der Waals surface area contributed by atoms with E-state index in [4.69, 9.17) is 18.9 Å². The fourth-order valence-corrected chi connectivity index (χ4v) is 3.84. The molecule has 0 aromatic heterocycles. The highest BCUT2D eigenvalue weighted by Crippen LogP contribution is 2.27. The quantitative estimate of drug-likeness (QED) is 0.517. The standard InChI is InChI=1S/C24H37NO6/c1-17-21(29-15-14-28-5)19(16-18-10-7-6-8-11-18)12-9-13-20(22(26)30-17)25-23(27)31-24(2,3)4/h6-8,10-11,17,19-21H,9,12-16H2,1-5H3,(H,25,27). The minimum Gasteiger partial charge on any atom is -0.458 e. The topological polar surface area (TPSA) is 83.1 Å². The molecular formula is C24H37NO6. The number of amides is 1. The summed E-state index contributed by atoms with van der Waals surface area (Å²) < 4.78 is 22.3. The van der Waals surface area contributed by atoms with Crippen molar-refractivity contribution in [2.75, 3.05) is 20.3 Å². The first-order valence-electron chi connectivity index (χ1n) is 11.0. The van der Waals surface area contributed by atoms with E-state index in [1.54, 1.807) is 27.9 Å². The fourth-order valence-electron chi connectivity index (χ4n) is 3.84. The average molecular weight is 436 g/mol. The molecule has 0 saturated carbocycles. The van der Waals surface area contributed by atoms with Gasteiger partial charge in [-0.2, -0.15) is 0 Å². The Bertz CT molecular complexity index is 687. The van der Waals surface area contributed by atoms with Gasteiger partial charge in [0.2, 0.25) is 0 Å². The first kappa shape index (κ1) is 25.1. The number of hydrogen-bond donors (Lipinski definition) is 1. The SMILES string of the molecule is COCCOC1C(Cc2ccccc2)CCCC(NC(=O)OC(C)(C)C)C(=O)OC1C. The lowest BCUT2D eigenvalue weighted by Crippen LogP contribution is -2.46. The minimum atomic E-state index is -0.743. The van der Waals surface area contributed by atoms with Crippen LogP contribution in [-0.2, 0) is 30.2 Å². The van der Waals surface area contributed by atoms with Gasteiger partial charge in [-0.3, -0.25) is 0 Å². The summed E-state index contributed by atoms with van der Waals surface area (Å²) in [6.45, 7) is 8.10. The van der Waals surface area contributed by atoms with Crippen LogP contribution in [0.15, 0.2) is 30.3 Å². The molecule has 1 saturated heterocycles. The molecule has 4 atom stereocenters. The van der Waals surface area contributed by atoms with Crippen molar-refractivity contribution in [3.63, 3.8) is 0 Å². The summed E-state index contributed by atoms with van der Waals surface area (Å²) in [7, 11) is 1.63. The van der Waals surface area contributed by atoms with Gasteiger partial charge in [0.1, 0.15) is 17.7 Å². The van der Waals surface area contributed by atoms with E-state index in [0.717, 1.165) is 19.3 Å². The molecule has 1 heterocycles. The number of ether oxygens (including phenoxy) is 4. The van der Waals surface area contributed by atoms with E-state index in [-0.39, 0.29) is 12.0 Å². The summed E-state index contributed by atoms with van der Waals surface area (Å²) in [5.74, 6) is -0.290. The van der Waals surface area contributed by atoms with Crippen molar-refractivity contribution < 1.29 is 28.5 Å². The summed E-state index contributed by atoms with van der Waals surface area (Å²) in [6, 6.07) is 9.50. The van der Waals surface area contributed by atoms with Crippen molar-refractivity contribution in [1.82, 2.24) is 5.32 Å². The molecule has 0 aliphatic carbocycles. The second kappa shape index (κ2) is 12.1. The molecule has 2 rings (SSSR count). The molecular weight excluding hydrogens is 398 g/mol. The number of esters is 1. The van der Waals surface area contributed by atoms with Crippen LogP contribution in [0.4, 0.5) is 4.79 Å². The first-order valence-corrected chi connectivity index (χ1v) is 11.0. The molecule has 1 N–H and O–H groups in total. The molecule has 31 heavy (non-hydrogen) atoms. The van der Waals surface area contributed by atoms with Crippen molar-refractivity contribution in [2.45, 2.75) is 77.2 Å². The molecule has 0 radical (unpaired) electrons. The molecule has 1 fully saturated rings. The molecule has 174 valence electrons. The third-order valence-corrected chi connectivity index (χ3v) is 5.21. The van der Waals surface area contributed by atoms with Gasteiger partial charge in [0.25, 0.3) is 0 Å². The number of rotatable bonds is 7. The van der Waals surface area contributed by atoms with Gasteiger partial charge >= 0.3 is 12.1 Å². The van der Waals surface area contributed by atoms with Crippen molar-refractivity contribution >= 4 is 12.1 Å². The van der Waals surface area contributed by atoms with Crippen LogP contribution in [0.5, 0.6) is 0 Å². The molecule has 0 bridgehead atoms. The van der Waals surface area contributed by atoms with Crippen LogP contribution in [-0.4, -0.2) is 56.2 Å². The van der Waals surface area contributed by atoms with Gasteiger partial charge in [-0.05, 0) is 58.4 Å². The molecule has 1 aliphatic heterocycles. The van der Waals surface area contributed by atoms with E-state index in [9.17, 15) is 9.59 Å². The highest BCUT2D eigenvalue weighted by atomic mass is 16.6. The molecule has 1 amide bonds. The van der Waals surface area contributed by atoms with Crippen LogP contribution < -0.4 is 5.32 Å². The maximum atomic E-state index is 12.8. The van der Waals surface area contributed by atoms with Gasteiger partial charge in [0, 0.05) is 7.11 Å². The van der Waals surface area contributed by atoms with Crippen molar-refractivity contribution in [3.05, 3.63) is 35.9 Å². The Hall–Kier alpha value is -2.12. The normalized spacial score (nSPS) is 25.0. The lowest BCUT2D eigenvalue weighted by molar-refractivity contribution is -0.161. The zero-order valence-corrected chi connectivity index (χ0v) is 19.4. The maximum Gasteiger partial charge on any atom is 0.408 e. The molecule has 1 aromatic carbocycles. The second-order valence-electron chi connectivity index (χ2n) is 9.05. The van der Waals surface area contributed by atoms with Gasteiger partial charge in [0.15, 0.2) is 0 Å². The molecule has 7 heteroatoms. The molecule has 7 nitrogen and oxygen atoms in total. The second-order valence-corrected chi connectivity index (χ2v) is 9.05. The number of methoxy groups -OCH3 is 1. The van der Waals surface area contributed by atoms with Crippen LogP contribution in [0.25, 0.3) is 0 Å². The van der Waals surface area contributed by atoms with Crippen LogP contribution in [0.1, 0.15) is 52.5 Å². The Morgan fingerprint density at radius 2 is 1.87 bits per heavy atom. The zero-order chi connectivity index (χ0) is 22.9. The van der Waals surface area contributed by atoms with Crippen LogP contribution in [0, 0.1) is 5.92 Å². The number of cyclic esters (lactones) is 1. The molecule has 1 aromatic rings. The summed E-state index contributed by atoms with van der Waals surface area (Å²) >= 11 is 0. The average Bonchev–Trinajstić information content (AvgIpc) is 2.73. The van der Waals surface area contributed by atoms with E-state index in [1.165, 1.54) is 5.56 Å². The molecule has 0 spiro atoms. The maximum absolute atomic E-state index is 12.8. The van der Waals surface area contributed by atoms with Gasteiger partial charge < -0.3 is 24.3 Å². The summed E-state index contributed by atoms with van der Waals surface area (Å²) in [5, 5.41) is 2.68. The number of carbonyl (C=O) groups excluding carboxylic acids is 2. The lowest BCUT2D eigenvalue weighted by Gasteiger charge is -2.31. The minimum absolute atomic E-state index is 0.169. The van der Waals surface area contributed by atoms with Gasteiger partial charge in [-0.1, -0.05) is 36.8 Å². The first-order chi connectivity index (χ1) is 14.7. The van der Waals surface area contributed by atoms with Crippen LogP contribution in [0.3, 0.4) is 0 Å². The number of nitrogens with one attached hydrogen (secondary N) is 1. The van der Waals surface area contributed by atoms with E-state index >= 15 is 0 Å². The number of hydrogen-bond acceptors (Lipinski definition) is 6. The number of benzene rings is 1. The number of carbonyl (C=O) groups is 2. The predicted octanol–water partition coefficient (Wildman–Crippen LogP) is 3.89. The van der Waals surface area contributed by atoms with E-state index in [0.29, 0.717) is 19.6 Å². The van der Waals surface area contributed by atoms with Gasteiger partial charge in [0.05, 0.1) is 19.3 Å². The van der Waals surface area contributed by atoms with E-state index < -0.39 is 29.8 Å². The summed E-state index contributed by atoms with van der Waals surface area (Å²) in [6.07, 6.45) is 1.57. The summed E-state index contributed by atoms with van der Waals surface area (Å²) in [5.41, 5.74) is 0.579. The fraction of sp³-hybridized carbons (Fsp3) is 0.667. The highest BCUT2D eigenvalue weighted by molar-refractivity contribution is 5.81. The molecule has 4 unspecified atom stereocenters. The predicted molar refractivity (Wildman–Crippen MR) is 118 cm³/mol. The van der Waals surface area contributed by atoms with Crippen molar-refractivity contribution in [2.24, 2.45) is 5.92 Å².